The molecule has 0 radical (unpaired) electrons. The molecule has 0 saturated carbocycles. The van der Waals surface area contributed by atoms with E-state index in [-0.39, 0.29) is 41.9 Å². The fourth-order valence-corrected chi connectivity index (χ4v) is 3.22. The number of amidine groups is 1. The number of amides is 1. The zero-order chi connectivity index (χ0) is 13.8. The summed E-state index contributed by atoms with van der Waals surface area (Å²) in [5, 5.41) is 12.7. The van der Waals surface area contributed by atoms with E-state index in [2.05, 4.69) is 16.6 Å². The summed E-state index contributed by atoms with van der Waals surface area (Å²) < 4.78 is 0. The Morgan fingerprint density at radius 1 is 1.65 bits per heavy atom. The second-order valence-corrected chi connectivity index (χ2v) is 5.67. The first-order valence-corrected chi connectivity index (χ1v) is 7.14. The molecular formula is C11H10N3NaO3S2. The summed E-state index contributed by atoms with van der Waals surface area (Å²) in [5.41, 5.74) is 0. The second kappa shape index (κ2) is 7.94. The molecule has 6 nitrogen and oxygen atoms in total. The van der Waals surface area contributed by atoms with E-state index < -0.39 is 11.2 Å². The van der Waals surface area contributed by atoms with Crippen LogP contribution in [-0.4, -0.2) is 38.7 Å². The van der Waals surface area contributed by atoms with Gasteiger partial charge in [0.2, 0.25) is 11.0 Å². The summed E-state index contributed by atoms with van der Waals surface area (Å²) >= 11 is 2.46. The fourth-order valence-electron chi connectivity index (χ4n) is 1.53. The number of aliphatic carboxylic acids is 1. The first-order chi connectivity index (χ1) is 9.11. The van der Waals surface area contributed by atoms with Gasteiger partial charge in [0.1, 0.15) is 0 Å². The number of carboxylic acid groups (broad SMARTS) is 1. The van der Waals surface area contributed by atoms with E-state index in [1.807, 2.05) is 0 Å². The molecule has 0 N–H and O–H groups in total. The third kappa shape index (κ3) is 4.16. The van der Waals surface area contributed by atoms with Crippen LogP contribution in [0.5, 0.6) is 0 Å². The largest absolute Gasteiger partial charge is 1.00 e. The van der Waals surface area contributed by atoms with Gasteiger partial charge in [0, 0.05) is 30.5 Å². The number of hydrogen-bond donors (Lipinski definition) is 0. The number of carbonyl (C=O) groups excluding carboxylic acids is 2. The van der Waals surface area contributed by atoms with Crippen molar-refractivity contribution in [1.82, 2.24) is 9.88 Å². The van der Waals surface area contributed by atoms with Crippen molar-refractivity contribution in [3.63, 3.8) is 0 Å². The zero-order valence-electron chi connectivity index (χ0n) is 10.8. The van der Waals surface area contributed by atoms with E-state index in [1.54, 1.807) is 17.7 Å². The molecular weight excluding hydrogens is 309 g/mol. The molecule has 0 spiro atoms. The molecule has 1 amide bonds. The first-order valence-electron chi connectivity index (χ1n) is 5.38. The van der Waals surface area contributed by atoms with Crippen molar-refractivity contribution in [3.05, 3.63) is 24.2 Å². The average Bonchev–Trinajstić information content (AvgIpc) is 2.94. The molecule has 0 aliphatic carbocycles. The summed E-state index contributed by atoms with van der Waals surface area (Å²) in [6.07, 6.45) is 2.85. The number of carboxylic acids is 1. The molecule has 1 aliphatic rings. The number of hydrogen-bond acceptors (Lipinski definition) is 7. The van der Waals surface area contributed by atoms with Crippen molar-refractivity contribution in [3.8, 4) is 0 Å². The van der Waals surface area contributed by atoms with E-state index in [1.165, 1.54) is 16.2 Å². The minimum Gasteiger partial charge on any atom is -0.550 e. The predicted octanol–water partition coefficient (Wildman–Crippen LogP) is -2.60. The van der Waals surface area contributed by atoms with Gasteiger partial charge in [-0.05, 0) is 0 Å². The van der Waals surface area contributed by atoms with Crippen molar-refractivity contribution >= 4 is 45.3 Å². The van der Waals surface area contributed by atoms with Crippen LogP contribution in [-0.2, 0) is 9.59 Å². The standard InChI is InChI=1S/C11H11N3O3S2.Na/c1-2-4-14-9(17)7(6-8(15)16)19-11(14)13-10-12-3-5-18-10;/h2-3,5,7H,1,4,6H2,(H,15,16);/q;+1/p-1/b13-11+;. The maximum Gasteiger partial charge on any atom is 1.00 e. The quantitative estimate of drug-likeness (QED) is 0.439. The summed E-state index contributed by atoms with van der Waals surface area (Å²) in [5.74, 6) is -1.54. The predicted molar refractivity (Wildman–Crippen MR) is 72.1 cm³/mol. The molecule has 9 heteroatoms. The molecule has 1 aromatic rings. The van der Waals surface area contributed by atoms with Crippen molar-refractivity contribution in [1.29, 1.82) is 0 Å². The number of thioether (sulfide) groups is 1. The van der Waals surface area contributed by atoms with Gasteiger partial charge in [0.15, 0.2) is 5.17 Å². The molecule has 2 rings (SSSR count). The van der Waals surface area contributed by atoms with E-state index in [9.17, 15) is 14.7 Å². The van der Waals surface area contributed by atoms with Gasteiger partial charge in [-0.2, -0.15) is 4.99 Å². The normalized spacial score (nSPS) is 20.0. The number of thiazole rings is 1. The van der Waals surface area contributed by atoms with Gasteiger partial charge in [0.25, 0.3) is 0 Å². The van der Waals surface area contributed by atoms with E-state index >= 15 is 0 Å². The van der Waals surface area contributed by atoms with Crippen LogP contribution in [0.4, 0.5) is 5.13 Å². The molecule has 20 heavy (non-hydrogen) atoms. The zero-order valence-corrected chi connectivity index (χ0v) is 14.4. The Kier molecular flexibility index (Phi) is 6.90. The van der Waals surface area contributed by atoms with Crippen LogP contribution in [0.15, 0.2) is 29.2 Å². The first kappa shape index (κ1) is 17.4. The third-order valence-electron chi connectivity index (χ3n) is 2.29. The molecule has 0 bridgehead atoms. The van der Waals surface area contributed by atoms with E-state index in [4.69, 9.17) is 0 Å². The third-order valence-corrected chi connectivity index (χ3v) is 4.13. The van der Waals surface area contributed by atoms with Gasteiger partial charge in [-0.25, -0.2) is 4.98 Å². The second-order valence-electron chi connectivity index (χ2n) is 3.63. The monoisotopic (exact) mass is 319 g/mol. The number of carbonyl (C=O) groups is 2. The molecule has 1 atom stereocenters. The number of rotatable bonds is 5. The van der Waals surface area contributed by atoms with Gasteiger partial charge in [-0.1, -0.05) is 17.8 Å². The smallest absolute Gasteiger partial charge is 0.550 e. The average molecular weight is 319 g/mol. The van der Waals surface area contributed by atoms with E-state index in [0.29, 0.717) is 16.8 Å². The van der Waals surface area contributed by atoms with E-state index in [0.717, 1.165) is 11.8 Å². The molecule has 2 heterocycles. The maximum atomic E-state index is 12.0. The van der Waals surface area contributed by atoms with Crippen molar-refractivity contribution < 1.29 is 44.3 Å². The number of nitrogens with zero attached hydrogens (tertiary/aromatic N) is 3. The summed E-state index contributed by atoms with van der Waals surface area (Å²) in [4.78, 5) is 32.3. The Morgan fingerprint density at radius 3 is 2.95 bits per heavy atom. The molecule has 0 aromatic carbocycles. The Morgan fingerprint density at radius 2 is 2.40 bits per heavy atom. The number of aromatic nitrogens is 1. The molecule has 1 aromatic heterocycles. The van der Waals surface area contributed by atoms with Crippen LogP contribution in [0.1, 0.15) is 6.42 Å². The van der Waals surface area contributed by atoms with Gasteiger partial charge < -0.3 is 9.90 Å². The Hall–Kier alpha value is -0.670. The van der Waals surface area contributed by atoms with Crippen LogP contribution in [0.2, 0.25) is 0 Å². The van der Waals surface area contributed by atoms with Gasteiger partial charge in [-0.15, -0.1) is 17.9 Å². The Balaban J connectivity index is 0.00000200. The van der Waals surface area contributed by atoms with Gasteiger partial charge >= 0.3 is 29.6 Å². The van der Waals surface area contributed by atoms with Crippen LogP contribution in [0.25, 0.3) is 0 Å². The minimum absolute atomic E-state index is 0. The Labute approximate surface area is 146 Å². The van der Waals surface area contributed by atoms with Crippen LogP contribution in [0.3, 0.4) is 0 Å². The summed E-state index contributed by atoms with van der Waals surface area (Å²) in [7, 11) is 0. The minimum atomic E-state index is -1.25. The SMILES string of the molecule is C=CCN1C(=O)C(CC(=O)[O-])S/C1=N/c1nccs1.[Na+]. The topological polar surface area (TPSA) is 85.7 Å². The molecule has 1 aliphatic heterocycles. The maximum absolute atomic E-state index is 12.0. The summed E-state index contributed by atoms with van der Waals surface area (Å²) in [6, 6.07) is 0. The number of aliphatic imine (C=N–C) groups is 1. The fraction of sp³-hybridized carbons (Fsp3) is 0.273. The van der Waals surface area contributed by atoms with Crippen LogP contribution < -0.4 is 34.7 Å². The van der Waals surface area contributed by atoms with Crippen molar-refractivity contribution in [2.24, 2.45) is 4.99 Å². The Bertz CT molecular complexity index is 533. The molecule has 1 unspecified atom stereocenters. The molecule has 1 saturated heterocycles. The van der Waals surface area contributed by atoms with Crippen molar-refractivity contribution in [2.45, 2.75) is 11.7 Å². The van der Waals surface area contributed by atoms with Crippen LogP contribution >= 0.6 is 23.1 Å². The van der Waals surface area contributed by atoms with Gasteiger partial charge in [-0.3, -0.25) is 9.69 Å². The van der Waals surface area contributed by atoms with Crippen molar-refractivity contribution in [2.75, 3.05) is 6.54 Å². The van der Waals surface area contributed by atoms with Crippen LogP contribution in [0, 0.1) is 0 Å². The molecule has 1 fully saturated rings. The summed E-state index contributed by atoms with van der Waals surface area (Å²) in [6.45, 7) is 3.87. The van der Waals surface area contributed by atoms with Gasteiger partial charge in [0.05, 0.1) is 5.25 Å². The molecule has 100 valence electrons.